The van der Waals surface area contributed by atoms with Crippen LogP contribution in [0.3, 0.4) is 0 Å². The number of carbonyl (C=O) groups excluding carboxylic acids is 1. The zero-order valence-electron chi connectivity index (χ0n) is 20.1. The molecule has 4 N–H and O–H groups in total. The number of aryl methyl sites for hydroxylation is 3. The van der Waals surface area contributed by atoms with Crippen LogP contribution in [0.15, 0.2) is 42.6 Å². The Hall–Kier alpha value is -3.85. The van der Waals surface area contributed by atoms with Gasteiger partial charge in [0.25, 0.3) is 5.91 Å². The summed E-state index contributed by atoms with van der Waals surface area (Å²) in [7, 11) is 0. The molecule has 0 saturated heterocycles. The van der Waals surface area contributed by atoms with Crippen molar-refractivity contribution >= 4 is 22.9 Å². The van der Waals surface area contributed by atoms with E-state index in [1.54, 1.807) is 26.0 Å². The lowest BCUT2D eigenvalue weighted by Crippen LogP contribution is -2.21. The fourth-order valence-corrected chi connectivity index (χ4v) is 3.57. The molecule has 1 unspecified atom stereocenters. The lowest BCUT2D eigenvalue weighted by atomic mass is 10.0. The number of imidazole rings is 1. The summed E-state index contributed by atoms with van der Waals surface area (Å²) < 4.78 is 51.9. The minimum absolute atomic E-state index is 0.107. The SMILES string of the molecule is [2H]C([2H])([2H])c1nc(-c2ccc(NC(=O)C(O)c3cc(F)cc(F)c3)cc2C)c2c(N)ncc(C)n12. The predicted molar refractivity (Wildman–Crippen MR) is 117 cm³/mol. The van der Waals surface area contributed by atoms with E-state index in [1.165, 1.54) is 16.7 Å². The summed E-state index contributed by atoms with van der Waals surface area (Å²) in [6.45, 7) is 0.915. The molecular weight excluding hydrogens is 416 g/mol. The molecule has 0 aliphatic rings. The molecule has 0 bridgehead atoms. The molecule has 4 aromatic rings. The second kappa shape index (κ2) is 8.01. The molecule has 1 atom stereocenters. The number of halogens is 2. The maximum atomic E-state index is 13.4. The molecule has 1 amide bonds. The van der Waals surface area contributed by atoms with Crippen LogP contribution in [0, 0.1) is 32.3 Å². The van der Waals surface area contributed by atoms with Crippen LogP contribution in [0.4, 0.5) is 20.3 Å². The molecule has 9 heteroatoms. The quantitative estimate of drug-likeness (QED) is 0.447. The van der Waals surface area contributed by atoms with Crippen molar-refractivity contribution in [3.05, 3.63) is 76.9 Å². The Kier molecular flexibility index (Phi) is 4.45. The summed E-state index contributed by atoms with van der Waals surface area (Å²) in [5.41, 5.74) is 8.54. The topological polar surface area (TPSA) is 106 Å². The van der Waals surface area contributed by atoms with Crippen LogP contribution < -0.4 is 11.1 Å². The van der Waals surface area contributed by atoms with Gasteiger partial charge in [-0.2, -0.15) is 0 Å². The molecule has 0 radical (unpaired) electrons. The largest absolute Gasteiger partial charge is 0.382 e. The van der Waals surface area contributed by atoms with Gasteiger partial charge in [-0.15, -0.1) is 0 Å². The standard InChI is InChI=1S/C23H21F2N5O2/c1-11-6-17(29-23(32)21(31)14-7-15(24)9-16(25)8-14)4-5-18(11)19-20-22(26)27-10-12(2)30(20)13(3)28-19/h4-10,21,31H,1-3H3,(H2,26,27)(H,29,32)/i3D3. The molecule has 0 fully saturated rings. The van der Waals surface area contributed by atoms with E-state index in [9.17, 15) is 18.7 Å². The molecule has 32 heavy (non-hydrogen) atoms. The fourth-order valence-electron chi connectivity index (χ4n) is 3.57. The first-order chi connectivity index (χ1) is 16.4. The van der Waals surface area contributed by atoms with E-state index in [0.717, 1.165) is 12.1 Å². The van der Waals surface area contributed by atoms with Gasteiger partial charge in [-0.25, -0.2) is 18.7 Å². The first-order valence-corrected chi connectivity index (χ1v) is 9.56. The van der Waals surface area contributed by atoms with Crippen molar-refractivity contribution in [1.29, 1.82) is 0 Å². The van der Waals surface area contributed by atoms with Gasteiger partial charge in [-0.1, -0.05) is 6.07 Å². The highest BCUT2D eigenvalue weighted by molar-refractivity contribution is 5.95. The normalized spacial score (nSPS) is 14.0. The molecule has 0 saturated carbocycles. The number of fused-ring (bicyclic) bond motifs is 1. The van der Waals surface area contributed by atoms with E-state index < -0.39 is 30.5 Å². The first-order valence-electron chi connectivity index (χ1n) is 11.1. The van der Waals surface area contributed by atoms with Gasteiger partial charge in [0.2, 0.25) is 0 Å². The Balaban J connectivity index is 1.70. The van der Waals surface area contributed by atoms with Gasteiger partial charge in [0.05, 0.1) is 0 Å². The van der Waals surface area contributed by atoms with E-state index in [2.05, 4.69) is 15.3 Å². The van der Waals surface area contributed by atoms with Crippen molar-refractivity contribution in [1.82, 2.24) is 14.4 Å². The number of amides is 1. The number of carbonyl (C=O) groups is 1. The third-order valence-electron chi connectivity index (χ3n) is 5.06. The van der Waals surface area contributed by atoms with Gasteiger partial charge in [-0.05, 0) is 56.1 Å². The number of benzene rings is 2. The molecule has 7 nitrogen and oxygen atoms in total. The van der Waals surface area contributed by atoms with E-state index in [0.29, 0.717) is 39.8 Å². The van der Waals surface area contributed by atoms with Crippen molar-refractivity contribution in [2.24, 2.45) is 0 Å². The average Bonchev–Trinajstić information content (AvgIpc) is 3.17. The monoisotopic (exact) mass is 440 g/mol. The highest BCUT2D eigenvalue weighted by atomic mass is 19.1. The van der Waals surface area contributed by atoms with Gasteiger partial charge >= 0.3 is 0 Å². The molecule has 0 aliphatic heterocycles. The molecule has 2 aromatic heterocycles. The highest BCUT2D eigenvalue weighted by Crippen LogP contribution is 2.32. The second-order valence-electron chi connectivity index (χ2n) is 7.38. The van der Waals surface area contributed by atoms with E-state index >= 15 is 0 Å². The molecular formula is C23H21F2N5O2. The Bertz CT molecular complexity index is 1450. The lowest BCUT2D eigenvalue weighted by molar-refractivity contribution is -0.124. The summed E-state index contributed by atoms with van der Waals surface area (Å²) in [5.74, 6) is -2.77. The fraction of sp³-hybridized carbons (Fsp3) is 0.174. The molecule has 0 spiro atoms. The maximum absolute atomic E-state index is 13.4. The number of nitrogens with zero attached hydrogens (tertiary/aromatic N) is 3. The number of nitrogens with one attached hydrogen (secondary N) is 1. The van der Waals surface area contributed by atoms with E-state index in [-0.39, 0.29) is 17.2 Å². The predicted octanol–water partition coefficient (Wildman–Crippen LogP) is 3.85. The maximum Gasteiger partial charge on any atom is 0.257 e. The molecule has 2 heterocycles. The van der Waals surface area contributed by atoms with E-state index in [1.807, 2.05) is 0 Å². The van der Waals surface area contributed by atoms with Crippen LogP contribution in [0.5, 0.6) is 0 Å². The zero-order valence-corrected chi connectivity index (χ0v) is 17.1. The van der Waals surface area contributed by atoms with Crippen molar-refractivity contribution in [3.63, 3.8) is 0 Å². The number of hydrogen-bond acceptors (Lipinski definition) is 5. The molecule has 164 valence electrons. The van der Waals surface area contributed by atoms with Crippen LogP contribution in [-0.4, -0.2) is 25.4 Å². The number of hydrogen-bond donors (Lipinski definition) is 3. The minimum atomic E-state index is -2.51. The molecule has 4 rings (SSSR count). The summed E-state index contributed by atoms with van der Waals surface area (Å²) in [5, 5.41) is 12.7. The van der Waals surface area contributed by atoms with Gasteiger partial charge in [0.15, 0.2) is 6.10 Å². The summed E-state index contributed by atoms with van der Waals surface area (Å²) in [4.78, 5) is 21.0. The summed E-state index contributed by atoms with van der Waals surface area (Å²) in [6, 6.07) is 7.11. The Morgan fingerprint density at radius 2 is 1.94 bits per heavy atom. The van der Waals surface area contributed by atoms with Crippen LogP contribution in [0.1, 0.15) is 32.9 Å². The third kappa shape index (κ3) is 3.78. The van der Waals surface area contributed by atoms with Gasteiger partial charge in [-0.3, -0.25) is 9.20 Å². The van der Waals surface area contributed by atoms with Crippen molar-refractivity contribution in [2.45, 2.75) is 26.8 Å². The van der Waals surface area contributed by atoms with Crippen LogP contribution >= 0.6 is 0 Å². The Morgan fingerprint density at radius 3 is 2.59 bits per heavy atom. The smallest absolute Gasteiger partial charge is 0.257 e. The average molecular weight is 440 g/mol. The summed E-state index contributed by atoms with van der Waals surface area (Å²) >= 11 is 0. The number of nitrogen functional groups attached to an aromatic ring is 1. The minimum Gasteiger partial charge on any atom is -0.382 e. The summed E-state index contributed by atoms with van der Waals surface area (Å²) in [6.07, 6.45) is -0.336. The molecule has 0 aliphatic carbocycles. The van der Waals surface area contributed by atoms with Crippen LogP contribution in [0.25, 0.3) is 16.8 Å². The number of nitrogens with two attached hydrogens (primary N) is 1. The Labute approximate surface area is 186 Å². The van der Waals surface area contributed by atoms with Crippen molar-refractivity contribution in [2.75, 3.05) is 11.1 Å². The van der Waals surface area contributed by atoms with Crippen molar-refractivity contribution < 1.29 is 22.8 Å². The van der Waals surface area contributed by atoms with Gasteiger partial charge in [0, 0.05) is 33.3 Å². The highest BCUT2D eigenvalue weighted by Gasteiger charge is 2.21. The second-order valence-corrected chi connectivity index (χ2v) is 7.38. The van der Waals surface area contributed by atoms with E-state index in [4.69, 9.17) is 9.85 Å². The number of aliphatic hydroxyl groups is 1. The first kappa shape index (κ1) is 17.8. The zero-order chi connectivity index (χ0) is 25.7. The third-order valence-corrected chi connectivity index (χ3v) is 5.06. The number of aromatic nitrogens is 3. The molecule has 2 aromatic carbocycles. The van der Waals surface area contributed by atoms with Crippen LogP contribution in [-0.2, 0) is 4.79 Å². The van der Waals surface area contributed by atoms with Crippen molar-refractivity contribution in [3.8, 4) is 11.3 Å². The number of aliphatic hydroxyl groups excluding tert-OH is 1. The van der Waals surface area contributed by atoms with Crippen LogP contribution in [0.2, 0.25) is 0 Å². The van der Waals surface area contributed by atoms with Gasteiger partial charge < -0.3 is 16.2 Å². The Morgan fingerprint density at radius 1 is 1.22 bits per heavy atom. The van der Waals surface area contributed by atoms with Gasteiger partial charge in [0.1, 0.15) is 34.5 Å². The number of rotatable bonds is 4. The lowest BCUT2D eigenvalue weighted by Gasteiger charge is -2.13. The number of anilines is 2.